The molecule has 4 aromatic rings. The van der Waals surface area contributed by atoms with E-state index in [-0.39, 0.29) is 12.2 Å². The quantitative estimate of drug-likeness (QED) is 0.416. The van der Waals surface area contributed by atoms with Crippen LogP contribution in [0.4, 0.5) is 10.1 Å². The van der Waals surface area contributed by atoms with E-state index >= 15 is 0 Å². The van der Waals surface area contributed by atoms with Crippen LogP contribution in [0.1, 0.15) is 38.8 Å². The predicted molar refractivity (Wildman–Crippen MR) is 131 cm³/mol. The number of amides is 2. The van der Waals surface area contributed by atoms with E-state index in [1.54, 1.807) is 30.5 Å². The number of nitrogens with one attached hydrogen (secondary N) is 1. The smallest absolute Gasteiger partial charge is 0.249 e. The van der Waals surface area contributed by atoms with E-state index in [1.165, 1.54) is 34.0 Å². The predicted octanol–water partition coefficient (Wildman–Crippen LogP) is 4.04. The molecule has 0 saturated carbocycles. The van der Waals surface area contributed by atoms with Crippen molar-refractivity contribution in [2.24, 2.45) is 0 Å². The summed E-state index contributed by atoms with van der Waals surface area (Å²) in [5, 5.41) is 11.2. The Kier molecular flexibility index (Phi) is 6.86. The first-order valence-electron chi connectivity index (χ1n) is 11.4. The molecule has 0 aliphatic rings. The summed E-state index contributed by atoms with van der Waals surface area (Å²) < 4.78 is 15.8. The zero-order valence-corrected chi connectivity index (χ0v) is 19.9. The van der Waals surface area contributed by atoms with Crippen molar-refractivity contribution in [3.8, 4) is 0 Å². The normalized spacial score (nSPS) is 12.3. The lowest BCUT2D eigenvalue weighted by molar-refractivity contribution is -0.128. The number of nitrogens with zero attached hydrogens (tertiary/aromatic N) is 5. The van der Waals surface area contributed by atoms with Crippen molar-refractivity contribution >= 4 is 28.5 Å². The van der Waals surface area contributed by atoms with Crippen LogP contribution in [0.2, 0.25) is 0 Å². The van der Waals surface area contributed by atoms with Crippen LogP contribution in [0.3, 0.4) is 0 Å². The van der Waals surface area contributed by atoms with Crippen molar-refractivity contribution in [2.45, 2.75) is 45.3 Å². The van der Waals surface area contributed by atoms with Crippen LogP contribution < -0.4 is 10.2 Å². The molecule has 1 N–H and O–H groups in total. The maximum atomic E-state index is 14.3. The molecule has 0 fully saturated rings. The van der Waals surface area contributed by atoms with E-state index in [0.29, 0.717) is 23.0 Å². The number of anilines is 1. The van der Waals surface area contributed by atoms with E-state index in [4.69, 9.17) is 0 Å². The van der Waals surface area contributed by atoms with Crippen LogP contribution >= 0.6 is 0 Å². The van der Waals surface area contributed by atoms with Gasteiger partial charge in [-0.1, -0.05) is 36.4 Å². The van der Waals surface area contributed by atoms with Crippen molar-refractivity contribution in [3.05, 3.63) is 84.4 Å². The van der Waals surface area contributed by atoms with Gasteiger partial charge in [-0.2, -0.15) is 0 Å². The Morgan fingerprint density at radius 3 is 2.63 bits per heavy atom. The van der Waals surface area contributed by atoms with E-state index in [1.807, 2.05) is 39.0 Å². The fraction of sp³-hybridized carbons (Fsp3) is 0.269. The monoisotopic (exact) mass is 474 g/mol. The maximum Gasteiger partial charge on any atom is 0.249 e. The average molecular weight is 475 g/mol. The third-order valence-electron chi connectivity index (χ3n) is 5.91. The number of rotatable bonds is 8. The van der Waals surface area contributed by atoms with Gasteiger partial charge in [0, 0.05) is 29.2 Å². The van der Waals surface area contributed by atoms with Gasteiger partial charge in [-0.3, -0.25) is 19.5 Å². The maximum absolute atomic E-state index is 14.3. The van der Waals surface area contributed by atoms with Gasteiger partial charge in [0.2, 0.25) is 11.8 Å². The van der Waals surface area contributed by atoms with Gasteiger partial charge in [0.15, 0.2) is 0 Å². The molecule has 0 radical (unpaired) electrons. The highest BCUT2D eigenvalue weighted by molar-refractivity contribution is 6.01. The molecule has 1 atom stereocenters. The van der Waals surface area contributed by atoms with Gasteiger partial charge in [-0.15, -0.1) is 5.10 Å². The van der Waals surface area contributed by atoms with Gasteiger partial charge in [-0.25, -0.2) is 9.07 Å². The van der Waals surface area contributed by atoms with Gasteiger partial charge in [0.25, 0.3) is 0 Å². The van der Waals surface area contributed by atoms with Crippen LogP contribution in [-0.4, -0.2) is 37.3 Å². The van der Waals surface area contributed by atoms with E-state index < -0.39 is 29.2 Å². The molecule has 180 valence electrons. The summed E-state index contributed by atoms with van der Waals surface area (Å²) in [5.74, 6) is -1.37. The Balaban J connectivity index is 1.81. The molecule has 4 rings (SSSR count). The summed E-state index contributed by atoms with van der Waals surface area (Å²) >= 11 is 0. The van der Waals surface area contributed by atoms with Gasteiger partial charge in [0.1, 0.15) is 23.9 Å². The first kappa shape index (κ1) is 24.0. The first-order chi connectivity index (χ1) is 16.8. The lowest BCUT2D eigenvalue weighted by Crippen LogP contribution is -2.51. The molecule has 1 unspecified atom stereocenters. The van der Waals surface area contributed by atoms with Gasteiger partial charge >= 0.3 is 0 Å². The second-order valence-electron chi connectivity index (χ2n) is 8.90. The topological polar surface area (TPSA) is 93.0 Å². The highest BCUT2D eigenvalue weighted by Gasteiger charge is 2.35. The number of pyridine rings is 1. The number of carbonyl (C=O) groups excluding carboxylic acids is 2. The summed E-state index contributed by atoms with van der Waals surface area (Å²) in [6, 6.07) is 15.2. The van der Waals surface area contributed by atoms with Gasteiger partial charge in [0.05, 0.1) is 5.52 Å². The van der Waals surface area contributed by atoms with Crippen molar-refractivity contribution in [1.29, 1.82) is 0 Å². The second-order valence-corrected chi connectivity index (χ2v) is 8.90. The Morgan fingerprint density at radius 1 is 1.11 bits per heavy atom. The molecule has 2 aromatic carbocycles. The molecular formula is C26H27FN6O2. The minimum absolute atomic E-state index is 0.196. The molecule has 0 aliphatic heterocycles. The van der Waals surface area contributed by atoms with Crippen molar-refractivity contribution in [3.63, 3.8) is 0 Å². The molecule has 2 heterocycles. The third kappa shape index (κ3) is 5.34. The molecule has 2 amide bonds. The number of fused-ring (bicyclic) bond motifs is 1. The van der Waals surface area contributed by atoms with E-state index in [2.05, 4.69) is 20.6 Å². The number of para-hydroxylation sites is 1. The van der Waals surface area contributed by atoms with Crippen LogP contribution in [0.25, 0.3) is 11.0 Å². The lowest BCUT2D eigenvalue weighted by Gasteiger charge is -2.34. The minimum atomic E-state index is -1.08. The number of carbonyl (C=O) groups is 2. The highest BCUT2D eigenvalue weighted by Crippen LogP contribution is 2.29. The van der Waals surface area contributed by atoms with Crippen molar-refractivity contribution in [1.82, 2.24) is 25.3 Å². The molecule has 0 aliphatic carbocycles. The van der Waals surface area contributed by atoms with Crippen LogP contribution in [-0.2, 0) is 16.1 Å². The Morgan fingerprint density at radius 2 is 1.91 bits per heavy atom. The molecule has 0 bridgehead atoms. The fourth-order valence-electron chi connectivity index (χ4n) is 3.75. The van der Waals surface area contributed by atoms with Crippen LogP contribution in [0, 0.1) is 5.82 Å². The largest absolute Gasteiger partial charge is 0.349 e. The van der Waals surface area contributed by atoms with Crippen LogP contribution in [0.5, 0.6) is 0 Å². The SMILES string of the molecule is CCC(C)(C)NC(=O)C(c1cccnc1)N(C(=O)Cn1nnc2ccccc21)c1cccc(F)c1. The van der Waals surface area contributed by atoms with Gasteiger partial charge in [-0.05, 0) is 56.7 Å². The minimum Gasteiger partial charge on any atom is -0.349 e. The molecule has 8 nitrogen and oxygen atoms in total. The Labute approximate surface area is 202 Å². The molecule has 0 spiro atoms. The summed E-state index contributed by atoms with van der Waals surface area (Å²) in [5.41, 5.74) is 1.55. The second kappa shape index (κ2) is 10.0. The molecule has 9 heteroatoms. The van der Waals surface area contributed by atoms with Crippen molar-refractivity contribution < 1.29 is 14.0 Å². The summed E-state index contributed by atoms with van der Waals surface area (Å²) in [7, 11) is 0. The van der Waals surface area contributed by atoms with Crippen molar-refractivity contribution in [2.75, 3.05) is 4.90 Å². The average Bonchev–Trinajstić information content (AvgIpc) is 3.25. The Hall–Kier alpha value is -4.14. The van der Waals surface area contributed by atoms with E-state index in [9.17, 15) is 14.0 Å². The number of hydrogen-bond donors (Lipinski definition) is 1. The summed E-state index contributed by atoms with van der Waals surface area (Å²) in [6.07, 6.45) is 3.80. The number of halogens is 1. The zero-order chi connectivity index (χ0) is 25.0. The van der Waals surface area contributed by atoms with Crippen LogP contribution in [0.15, 0.2) is 73.1 Å². The summed E-state index contributed by atoms with van der Waals surface area (Å²) in [6.45, 7) is 5.57. The number of aromatic nitrogens is 4. The third-order valence-corrected chi connectivity index (χ3v) is 5.91. The first-order valence-corrected chi connectivity index (χ1v) is 11.4. The molecule has 2 aromatic heterocycles. The zero-order valence-electron chi connectivity index (χ0n) is 19.9. The Bertz CT molecular complexity index is 1340. The standard InChI is InChI=1S/C26H27FN6O2/c1-4-26(2,3)29-25(35)24(18-9-8-14-28-16-18)33(20-11-7-10-19(27)15-20)23(34)17-32-22-13-6-5-12-21(22)30-31-32/h5-16,24H,4,17H2,1-3H3,(H,29,35). The fourth-order valence-corrected chi connectivity index (χ4v) is 3.75. The summed E-state index contributed by atoms with van der Waals surface area (Å²) in [4.78, 5) is 33.0. The molecular weight excluding hydrogens is 447 g/mol. The number of hydrogen-bond acceptors (Lipinski definition) is 5. The molecule has 35 heavy (non-hydrogen) atoms. The number of benzene rings is 2. The van der Waals surface area contributed by atoms with E-state index in [0.717, 1.165) is 0 Å². The lowest BCUT2D eigenvalue weighted by atomic mass is 9.99. The highest BCUT2D eigenvalue weighted by atomic mass is 19.1. The van der Waals surface area contributed by atoms with Gasteiger partial charge < -0.3 is 5.32 Å². The molecule has 0 saturated heterocycles.